The Balaban J connectivity index is 1.43. The van der Waals surface area contributed by atoms with E-state index in [-0.39, 0.29) is 0 Å². The Bertz CT molecular complexity index is 786. The second-order valence-electron chi connectivity index (χ2n) is 7.74. The van der Waals surface area contributed by atoms with Gasteiger partial charge in [0.1, 0.15) is 11.6 Å². The van der Waals surface area contributed by atoms with Gasteiger partial charge in [-0.1, -0.05) is 23.9 Å². The zero-order chi connectivity index (χ0) is 18.7. The lowest BCUT2D eigenvalue weighted by Gasteiger charge is -2.40. The fourth-order valence-electron chi connectivity index (χ4n) is 4.54. The van der Waals surface area contributed by atoms with E-state index in [1.807, 2.05) is 18.5 Å². The Morgan fingerprint density at radius 2 is 2.11 bits per heavy atom. The first-order chi connectivity index (χ1) is 13.2. The predicted molar refractivity (Wildman–Crippen MR) is 111 cm³/mol. The first kappa shape index (κ1) is 18.6. The molecule has 2 aliphatic rings. The van der Waals surface area contributed by atoms with E-state index in [9.17, 15) is 0 Å². The molecule has 2 fully saturated rings. The molecule has 27 heavy (non-hydrogen) atoms. The van der Waals surface area contributed by atoms with Crippen molar-refractivity contribution in [3.05, 3.63) is 42.1 Å². The number of hydrogen-bond acceptors (Lipinski definition) is 6. The number of thioether (sulfide) groups is 1. The maximum atomic E-state index is 5.38. The number of hydrogen-bond donors (Lipinski definition) is 0. The zero-order valence-electron chi connectivity index (χ0n) is 16.2. The Hall–Kier alpha value is -1.79. The number of ether oxygens (including phenoxy) is 1. The third-order valence-electron chi connectivity index (χ3n) is 5.84. The van der Waals surface area contributed by atoms with Gasteiger partial charge in [0.2, 0.25) is 0 Å². The van der Waals surface area contributed by atoms with E-state index in [0.29, 0.717) is 5.41 Å². The van der Waals surface area contributed by atoms with Crippen molar-refractivity contribution >= 4 is 17.6 Å². The molecule has 0 saturated carbocycles. The van der Waals surface area contributed by atoms with Crippen LogP contribution >= 0.6 is 11.8 Å². The first-order valence-electron chi connectivity index (χ1n) is 9.67. The van der Waals surface area contributed by atoms with E-state index in [1.165, 1.54) is 37.9 Å². The van der Waals surface area contributed by atoms with E-state index in [2.05, 4.69) is 39.0 Å². The largest absolute Gasteiger partial charge is 0.497 e. The van der Waals surface area contributed by atoms with Crippen LogP contribution in [-0.2, 0) is 6.54 Å². The number of methoxy groups -OCH3 is 1. The van der Waals surface area contributed by atoms with Crippen LogP contribution in [-0.4, -0.2) is 54.4 Å². The van der Waals surface area contributed by atoms with E-state index in [0.717, 1.165) is 36.4 Å². The first-order valence-corrected chi connectivity index (χ1v) is 10.9. The molecule has 1 atom stereocenters. The molecule has 0 amide bonds. The summed E-state index contributed by atoms with van der Waals surface area (Å²) in [5, 5.41) is 0.858. The van der Waals surface area contributed by atoms with Gasteiger partial charge in [-0.2, -0.15) is 0 Å². The van der Waals surface area contributed by atoms with Crippen molar-refractivity contribution in [3.8, 4) is 5.75 Å². The normalized spacial score (nSPS) is 23.1. The molecule has 1 unspecified atom stereocenters. The van der Waals surface area contributed by atoms with Gasteiger partial charge < -0.3 is 9.64 Å². The standard InChI is InChI=1S/C21H28N4OS/c1-26-18-6-3-5-17(13-18)14-24-11-4-8-21(15-24)9-12-25(16-21)19-7-10-22-20(23-19)27-2/h3,5-7,10,13H,4,8-9,11-12,14-16H2,1-2H3. The number of rotatable bonds is 5. The number of aromatic nitrogens is 2. The number of benzene rings is 1. The van der Waals surface area contributed by atoms with Crippen molar-refractivity contribution in [1.82, 2.24) is 14.9 Å². The van der Waals surface area contributed by atoms with Gasteiger partial charge in [0.15, 0.2) is 5.16 Å². The Labute approximate surface area is 166 Å². The van der Waals surface area contributed by atoms with Crippen molar-refractivity contribution in [2.24, 2.45) is 5.41 Å². The Kier molecular flexibility index (Phi) is 5.55. The van der Waals surface area contributed by atoms with Gasteiger partial charge >= 0.3 is 0 Å². The van der Waals surface area contributed by atoms with E-state index in [1.54, 1.807) is 18.9 Å². The highest BCUT2D eigenvalue weighted by Gasteiger charge is 2.41. The second kappa shape index (κ2) is 8.07. The van der Waals surface area contributed by atoms with E-state index >= 15 is 0 Å². The molecule has 5 nitrogen and oxygen atoms in total. The molecule has 144 valence electrons. The number of anilines is 1. The van der Waals surface area contributed by atoms with Gasteiger partial charge in [0, 0.05) is 37.8 Å². The highest BCUT2D eigenvalue weighted by Crippen LogP contribution is 2.40. The van der Waals surface area contributed by atoms with Crippen molar-refractivity contribution in [3.63, 3.8) is 0 Å². The van der Waals surface area contributed by atoms with Crippen LogP contribution in [0, 0.1) is 5.41 Å². The minimum Gasteiger partial charge on any atom is -0.497 e. The molecule has 0 N–H and O–H groups in total. The van der Waals surface area contributed by atoms with Crippen LogP contribution in [0.1, 0.15) is 24.8 Å². The summed E-state index contributed by atoms with van der Waals surface area (Å²) in [4.78, 5) is 14.1. The highest BCUT2D eigenvalue weighted by atomic mass is 32.2. The molecule has 1 spiro atoms. The summed E-state index contributed by atoms with van der Waals surface area (Å²) >= 11 is 1.61. The lowest BCUT2D eigenvalue weighted by molar-refractivity contribution is 0.0991. The molecule has 0 aliphatic carbocycles. The monoisotopic (exact) mass is 384 g/mol. The Morgan fingerprint density at radius 3 is 2.96 bits per heavy atom. The van der Waals surface area contributed by atoms with Crippen molar-refractivity contribution < 1.29 is 4.74 Å². The summed E-state index contributed by atoms with van der Waals surface area (Å²) < 4.78 is 5.38. The van der Waals surface area contributed by atoms with Crippen molar-refractivity contribution in [1.29, 1.82) is 0 Å². The smallest absolute Gasteiger partial charge is 0.189 e. The predicted octanol–water partition coefficient (Wildman–Crippen LogP) is 3.70. The molecule has 3 heterocycles. The fraction of sp³-hybridized carbons (Fsp3) is 0.524. The molecule has 6 heteroatoms. The minimum atomic E-state index is 0.390. The summed E-state index contributed by atoms with van der Waals surface area (Å²) in [6.45, 7) is 5.55. The maximum Gasteiger partial charge on any atom is 0.189 e. The molecular weight excluding hydrogens is 356 g/mol. The van der Waals surface area contributed by atoms with Gasteiger partial charge in [-0.15, -0.1) is 0 Å². The molecule has 2 aromatic rings. The summed E-state index contributed by atoms with van der Waals surface area (Å²) in [6, 6.07) is 10.5. The van der Waals surface area contributed by atoms with E-state index < -0.39 is 0 Å². The lowest BCUT2D eigenvalue weighted by Crippen LogP contribution is -2.44. The zero-order valence-corrected chi connectivity index (χ0v) is 17.0. The second-order valence-corrected chi connectivity index (χ2v) is 8.51. The van der Waals surface area contributed by atoms with Crippen LogP contribution in [0.2, 0.25) is 0 Å². The number of likely N-dealkylation sites (tertiary alicyclic amines) is 1. The average Bonchev–Trinajstić information content (AvgIpc) is 3.11. The van der Waals surface area contributed by atoms with Gasteiger partial charge in [-0.3, -0.25) is 4.90 Å². The van der Waals surface area contributed by atoms with Crippen LogP contribution < -0.4 is 9.64 Å². The minimum absolute atomic E-state index is 0.390. The summed E-state index contributed by atoms with van der Waals surface area (Å²) in [5.41, 5.74) is 1.73. The number of piperidine rings is 1. The van der Waals surface area contributed by atoms with Gasteiger partial charge in [0.05, 0.1) is 7.11 Å². The lowest BCUT2D eigenvalue weighted by atomic mass is 9.79. The summed E-state index contributed by atoms with van der Waals surface area (Å²) in [7, 11) is 1.73. The number of nitrogens with zero attached hydrogens (tertiary/aromatic N) is 4. The van der Waals surface area contributed by atoms with Crippen molar-refractivity contribution in [2.45, 2.75) is 31.0 Å². The van der Waals surface area contributed by atoms with Crippen LogP contribution in [0.15, 0.2) is 41.7 Å². The molecule has 2 saturated heterocycles. The highest BCUT2D eigenvalue weighted by molar-refractivity contribution is 7.98. The Morgan fingerprint density at radius 1 is 1.19 bits per heavy atom. The molecular formula is C21H28N4OS. The van der Waals surface area contributed by atoms with Crippen LogP contribution in [0.5, 0.6) is 5.75 Å². The average molecular weight is 385 g/mol. The van der Waals surface area contributed by atoms with Crippen LogP contribution in [0.4, 0.5) is 5.82 Å². The molecule has 0 bridgehead atoms. The molecule has 2 aliphatic heterocycles. The van der Waals surface area contributed by atoms with Crippen molar-refractivity contribution in [2.75, 3.05) is 44.4 Å². The third-order valence-corrected chi connectivity index (χ3v) is 6.41. The fourth-order valence-corrected chi connectivity index (χ4v) is 4.90. The summed E-state index contributed by atoms with van der Waals surface area (Å²) in [5.74, 6) is 2.02. The topological polar surface area (TPSA) is 41.5 Å². The molecule has 4 rings (SSSR count). The molecule has 1 aromatic carbocycles. The third kappa shape index (κ3) is 4.22. The van der Waals surface area contributed by atoms with Crippen LogP contribution in [0.25, 0.3) is 0 Å². The van der Waals surface area contributed by atoms with E-state index in [4.69, 9.17) is 9.72 Å². The van der Waals surface area contributed by atoms with Gasteiger partial charge in [-0.05, 0) is 55.8 Å². The van der Waals surface area contributed by atoms with Gasteiger partial charge in [-0.25, -0.2) is 9.97 Å². The van der Waals surface area contributed by atoms with Crippen LogP contribution in [0.3, 0.4) is 0 Å². The maximum absolute atomic E-state index is 5.38. The quantitative estimate of drug-likeness (QED) is 0.578. The summed E-state index contributed by atoms with van der Waals surface area (Å²) in [6.07, 6.45) is 7.76. The molecule has 0 radical (unpaired) electrons. The SMILES string of the molecule is COc1cccc(CN2CCCC3(CCN(c4ccnc(SC)n4)C3)C2)c1. The van der Waals surface area contributed by atoms with Gasteiger partial charge in [0.25, 0.3) is 0 Å². The molecule has 1 aromatic heterocycles.